The maximum absolute atomic E-state index is 5.01. The summed E-state index contributed by atoms with van der Waals surface area (Å²) in [6, 6.07) is 0.715. The highest BCUT2D eigenvalue weighted by Gasteiger charge is 2.31. The van der Waals surface area contributed by atoms with Crippen LogP contribution in [-0.4, -0.2) is 22.7 Å². The zero-order valence-electron chi connectivity index (χ0n) is 11.0. The number of nitrogens with one attached hydrogen (secondary N) is 1. The molecule has 4 nitrogen and oxygen atoms in total. The van der Waals surface area contributed by atoms with Crippen molar-refractivity contribution in [2.24, 2.45) is 11.8 Å². The lowest BCUT2D eigenvalue weighted by Crippen LogP contribution is -2.39. The summed E-state index contributed by atoms with van der Waals surface area (Å²) in [5, 5.41) is 7.29. The van der Waals surface area contributed by atoms with Crippen LogP contribution in [0.5, 0.6) is 0 Å². The minimum absolute atomic E-state index is 0.715. The Morgan fingerprint density at radius 1 is 1.17 bits per heavy atom. The van der Waals surface area contributed by atoms with E-state index in [-0.39, 0.29) is 0 Å². The molecule has 0 saturated heterocycles. The Labute approximate surface area is 109 Å². The molecular formula is C14H23N3O. The lowest BCUT2D eigenvalue weighted by atomic mass is 9.69. The van der Waals surface area contributed by atoms with Gasteiger partial charge < -0.3 is 9.84 Å². The van der Waals surface area contributed by atoms with Crippen LogP contribution in [0.2, 0.25) is 0 Å². The molecule has 3 atom stereocenters. The van der Waals surface area contributed by atoms with Gasteiger partial charge >= 0.3 is 0 Å². The van der Waals surface area contributed by atoms with E-state index in [1.165, 1.54) is 51.3 Å². The fraction of sp³-hybridized carbons (Fsp3) is 0.857. The molecule has 0 aromatic carbocycles. The van der Waals surface area contributed by atoms with E-state index >= 15 is 0 Å². The zero-order chi connectivity index (χ0) is 12.2. The number of hydrogen-bond acceptors (Lipinski definition) is 4. The molecule has 4 heteroatoms. The van der Waals surface area contributed by atoms with Crippen LogP contribution in [0.3, 0.4) is 0 Å². The van der Waals surface area contributed by atoms with E-state index in [4.69, 9.17) is 4.52 Å². The van der Waals surface area contributed by atoms with E-state index in [1.807, 2.05) is 0 Å². The first-order valence-corrected chi connectivity index (χ1v) is 7.41. The molecule has 1 heterocycles. The first kappa shape index (κ1) is 12.2. The van der Waals surface area contributed by atoms with E-state index in [9.17, 15) is 0 Å². The maximum atomic E-state index is 5.01. The lowest BCUT2D eigenvalue weighted by Gasteiger charge is -2.39. The molecule has 1 N–H and O–H groups in total. The Kier molecular flexibility index (Phi) is 3.93. The lowest BCUT2D eigenvalue weighted by molar-refractivity contribution is 0.144. The molecular weight excluding hydrogens is 226 g/mol. The van der Waals surface area contributed by atoms with E-state index in [0.29, 0.717) is 6.04 Å². The highest BCUT2D eigenvalue weighted by atomic mass is 16.5. The average molecular weight is 249 g/mol. The van der Waals surface area contributed by atoms with Gasteiger partial charge in [-0.1, -0.05) is 30.8 Å². The first-order valence-electron chi connectivity index (χ1n) is 7.41. The van der Waals surface area contributed by atoms with Crippen molar-refractivity contribution in [3.8, 4) is 0 Å². The molecule has 0 spiro atoms. The Bertz CT molecular complexity index is 352. The summed E-state index contributed by atoms with van der Waals surface area (Å²) in [6.07, 6.45) is 12.4. The van der Waals surface area contributed by atoms with Crippen molar-refractivity contribution >= 4 is 0 Å². The van der Waals surface area contributed by atoms with Gasteiger partial charge in [0.05, 0.1) is 0 Å². The molecule has 18 heavy (non-hydrogen) atoms. The smallest absolute Gasteiger partial charge is 0.227 e. The van der Waals surface area contributed by atoms with Crippen molar-refractivity contribution in [1.82, 2.24) is 15.5 Å². The van der Waals surface area contributed by atoms with E-state index in [1.54, 1.807) is 0 Å². The molecule has 2 fully saturated rings. The molecule has 3 unspecified atom stereocenters. The van der Waals surface area contributed by atoms with Gasteiger partial charge in [-0.05, 0) is 31.1 Å². The monoisotopic (exact) mass is 249 g/mol. The zero-order valence-corrected chi connectivity index (χ0v) is 11.0. The van der Waals surface area contributed by atoms with Crippen LogP contribution in [0.25, 0.3) is 0 Å². The number of fused-ring (bicyclic) bond motifs is 1. The first-order chi connectivity index (χ1) is 8.92. The Balaban J connectivity index is 1.41. The van der Waals surface area contributed by atoms with Crippen molar-refractivity contribution in [3.05, 3.63) is 12.2 Å². The van der Waals surface area contributed by atoms with Crippen LogP contribution in [0.4, 0.5) is 0 Å². The van der Waals surface area contributed by atoms with E-state index in [2.05, 4.69) is 15.5 Å². The quantitative estimate of drug-likeness (QED) is 0.891. The highest BCUT2D eigenvalue weighted by molar-refractivity contribution is 4.86. The van der Waals surface area contributed by atoms with Gasteiger partial charge in [0.2, 0.25) is 5.89 Å². The third kappa shape index (κ3) is 2.91. The van der Waals surface area contributed by atoms with Gasteiger partial charge in [0.25, 0.3) is 0 Å². The summed E-state index contributed by atoms with van der Waals surface area (Å²) in [7, 11) is 0. The largest absolute Gasteiger partial charge is 0.340 e. The fourth-order valence-electron chi connectivity index (χ4n) is 3.75. The number of hydrogen-bond donors (Lipinski definition) is 1. The van der Waals surface area contributed by atoms with Gasteiger partial charge in [0.1, 0.15) is 0 Å². The average Bonchev–Trinajstić information content (AvgIpc) is 2.92. The third-order valence-corrected chi connectivity index (χ3v) is 4.72. The number of aromatic nitrogens is 2. The summed E-state index contributed by atoms with van der Waals surface area (Å²) >= 11 is 0. The number of nitrogens with zero attached hydrogens (tertiary/aromatic N) is 2. The Hall–Kier alpha value is -0.900. The van der Waals surface area contributed by atoms with Gasteiger partial charge in [-0.15, -0.1) is 0 Å². The predicted octanol–water partition coefficient (Wildman–Crippen LogP) is 2.56. The van der Waals surface area contributed by atoms with Crippen molar-refractivity contribution in [2.75, 3.05) is 6.54 Å². The summed E-state index contributed by atoms with van der Waals surface area (Å²) in [5.41, 5.74) is 0. The van der Waals surface area contributed by atoms with Crippen LogP contribution in [0, 0.1) is 11.8 Å². The molecule has 0 radical (unpaired) electrons. The SMILES string of the molecule is c1noc(CCNC2CCC3CCCCC3C2)n1. The topological polar surface area (TPSA) is 51.0 Å². The molecule has 3 rings (SSSR count). The van der Waals surface area contributed by atoms with Crippen molar-refractivity contribution in [1.29, 1.82) is 0 Å². The van der Waals surface area contributed by atoms with Crippen LogP contribution in [0.1, 0.15) is 50.8 Å². The van der Waals surface area contributed by atoms with Crippen LogP contribution in [0.15, 0.2) is 10.9 Å². The molecule has 0 bridgehead atoms. The number of rotatable bonds is 4. The van der Waals surface area contributed by atoms with Gasteiger partial charge in [-0.2, -0.15) is 4.98 Å². The van der Waals surface area contributed by atoms with Crippen molar-refractivity contribution in [2.45, 2.75) is 57.4 Å². The molecule has 100 valence electrons. The van der Waals surface area contributed by atoms with Crippen molar-refractivity contribution in [3.63, 3.8) is 0 Å². The molecule has 2 saturated carbocycles. The van der Waals surface area contributed by atoms with E-state index < -0.39 is 0 Å². The van der Waals surface area contributed by atoms with Gasteiger partial charge in [-0.25, -0.2) is 0 Å². The summed E-state index contributed by atoms with van der Waals surface area (Å²) < 4.78 is 5.01. The van der Waals surface area contributed by atoms with Crippen LogP contribution >= 0.6 is 0 Å². The second-order valence-electron chi connectivity index (χ2n) is 5.85. The van der Waals surface area contributed by atoms with Crippen LogP contribution in [-0.2, 0) is 6.42 Å². The summed E-state index contributed by atoms with van der Waals surface area (Å²) in [6.45, 7) is 0.963. The van der Waals surface area contributed by atoms with Crippen LogP contribution < -0.4 is 5.32 Å². The fourth-order valence-corrected chi connectivity index (χ4v) is 3.75. The molecule has 1 aromatic heterocycles. The molecule has 0 amide bonds. The molecule has 1 aromatic rings. The second kappa shape index (κ2) is 5.83. The van der Waals surface area contributed by atoms with Gasteiger partial charge in [0.15, 0.2) is 6.33 Å². The third-order valence-electron chi connectivity index (χ3n) is 4.72. The normalized spacial score (nSPS) is 32.1. The molecule has 2 aliphatic rings. The maximum Gasteiger partial charge on any atom is 0.227 e. The summed E-state index contributed by atoms with van der Waals surface area (Å²) in [4.78, 5) is 4.05. The van der Waals surface area contributed by atoms with Crippen molar-refractivity contribution < 1.29 is 4.52 Å². The molecule has 0 aliphatic heterocycles. The van der Waals surface area contributed by atoms with Gasteiger partial charge in [0, 0.05) is 19.0 Å². The Morgan fingerprint density at radius 2 is 2.06 bits per heavy atom. The second-order valence-corrected chi connectivity index (χ2v) is 5.85. The summed E-state index contributed by atoms with van der Waals surface area (Å²) in [5.74, 6) is 2.77. The minimum Gasteiger partial charge on any atom is -0.340 e. The highest BCUT2D eigenvalue weighted by Crippen LogP contribution is 2.40. The van der Waals surface area contributed by atoms with Gasteiger partial charge in [-0.3, -0.25) is 0 Å². The Morgan fingerprint density at radius 3 is 2.89 bits per heavy atom. The predicted molar refractivity (Wildman–Crippen MR) is 69.1 cm³/mol. The van der Waals surface area contributed by atoms with E-state index in [0.717, 1.165) is 30.7 Å². The minimum atomic E-state index is 0.715. The standard InChI is InChI=1S/C14H23N3O/c1-2-4-12-9-13(6-5-11(12)3-1)15-8-7-14-16-10-17-18-14/h10-13,15H,1-9H2. The molecule has 2 aliphatic carbocycles.